The Morgan fingerprint density at radius 1 is 1.33 bits per heavy atom. The van der Waals surface area contributed by atoms with Crippen LogP contribution in [0, 0.1) is 0 Å². The third-order valence-corrected chi connectivity index (χ3v) is 4.65. The zero-order valence-corrected chi connectivity index (χ0v) is 12.8. The Labute approximate surface area is 116 Å². The van der Waals surface area contributed by atoms with Crippen LogP contribution in [0.25, 0.3) is 0 Å². The van der Waals surface area contributed by atoms with Crippen molar-refractivity contribution in [3.63, 3.8) is 0 Å². The number of nitrogens with one attached hydrogen (secondary N) is 2. The molecule has 18 heavy (non-hydrogen) atoms. The number of carbonyl (C=O) groups is 1. The summed E-state index contributed by atoms with van der Waals surface area (Å²) in [6.07, 6.45) is 8.72. The van der Waals surface area contributed by atoms with Crippen LogP contribution in [0.4, 0.5) is 0 Å². The molecule has 0 aromatic heterocycles. The minimum atomic E-state index is 0.228. The van der Waals surface area contributed by atoms with Gasteiger partial charge in [-0.3, -0.25) is 4.79 Å². The van der Waals surface area contributed by atoms with Gasteiger partial charge in [0.15, 0.2) is 0 Å². The number of rotatable bonds is 7. The lowest BCUT2D eigenvalue weighted by molar-refractivity contribution is -0.122. The van der Waals surface area contributed by atoms with Crippen LogP contribution in [0.15, 0.2) is 0 Å². The fourth-order valence-corrected chi connectivity index (χ4v) is 3.40. The number of carbonyl (C=O) groups excluding carboxylic acids is 1. The lowest BCUT2D eigenvalue weighted by Gasteiger charge is -2.31. The number of amides is 1. The second-order valence-corrected chi connectivity index (χ2v) is 6.52. The Bertz CT molecular complexity index is 246. The van der Waals surface area contributed by atoms with Crippen molar-refractivity contribution in [1.82, 2.24) is 10.6 Å². The smallest absolute Gasteiger partial charge is 0.220 e. The van der Waals surface area contributed by atoms with E-state index in [1.165, 1.54) is 19.3 Å². The molecule has 1 aliphatic rings. The van der Waals surface area contributed by atoms with E-state index in [1.807, 2.05) is 11.8 Å². The molecule has 3 nitrogen and oxygen atoms in total. The first-order valence-electron chi connectivity index (χ1n) is 7.19. The standard InChI is InChI=1S/C14H28N2OS/c1-11(2)15-10-6-9-14(17)16-12-7-4-5-8-13(12)18-3/h11-13,15H,4-10H2,1-3H3,(H,16,17). The van der Waals surface area contributed by atoms with E-state index in [2.05, 4.69) is 30.7 Å². The number of hydrogen-bond acceptors (Lipinski definition) is 3. The first kappa shape index (κ1) is 15.8. The van der Waals surface area contributed by atoms with Crippen LogP contribution in [0.2, 0.25) is 0 Å². The summed E-state index contributed by atoms with van der Waals surface area (Å²) in [5.74, 6) is 0.228. The molecule has 0 aromatic carbocycles. The molecule has 0 saturated heterocycles. The highest BCUT2D eigenvalue weighted by Crippen LogP contribution is 2.27. The average Bonchev–Trinajstić information content (AvgIpc) is 2.35. The zero-order valence-electron chi connectivity index (χ0n) is 12.0. The van der Waals surface area contributed by atoms with E-state index < -0.39 is 0 Å². The highest BCUT2D eigenvalue weighted by Gasteiger charge is 2.25. The quantitative estimate of drug-likeness (QED) is 0.700. The summed E-state index contributed by atoms with van der Waals surface area (Å²) in [5.41, 5.74) is 0. The normalized spacial score (nSPS) is 24.2. The molecule has 1 saturated carbocycles. The highest BCUT2D eigenvalue weighted by atomic mass is 32.2. The van der Waals surface area contributed by atoms with Gasteiger partial charge in [0.1, 0.15) is 0 Å². The van der Waals surface area contributed by atoms with Crippen molar-refractivity contribution in [2.24, 2.45) is 0 Å². The second kappa shape index (κ2) is 8.81. The van der Waals surface area contributed by atoms with Crippen LogP contribution < -0.4 is 10.6 Å². The van der Waals surface area contributed by atoms with Crippen LogP contribution in [-0.4, -0.2) is 36.0 Å². The Kier molecular flexibility index (Phi) is 7.75. The van der Waals surface area contributed by atoms with E-state index in [4.69, 9.17) is 0 Å². The molecule has 4 heteroatoms. The van der Waals surface area contributed by atoms with Crippen LogP contribution in [0.5, 0.6) is 0 Å². The molecule has 2 unspecified atom stereocenters. The Balaban J connectivity index is 2.18. The van der Waals surface area contributed by atoms with E-state index in [1.54, 1.807) is 0 Å². The second-order valence-electron chi connectivity index (χ2n) is 5.44. The summed E-state index contributed by atoms with van der Waals surface area (Å²) in [6, 6.07) is 0.909. The topological polar surface area (TPSA) is 41.1 Å². The van der Waals surface area contributed by atoms with Crippen molar-refractivity contribution in [3.05, 3.63) is 0 Å². The highest BCUT2D eigenvalue weighted by molar-refractivity contribution is 7.99. The van der Waals surface area contributed by atoms with Crippen molar-refractivity contribution < 1.29 is 4.79 Å². The average molecular weight is 272 g/mol. The number of thioether (sulfide) groups is 1. The molecule has 0 spiro atoms. The molecule has 0 aromatic rings. The summed E-state index contributed by atoms with van der Waals surface area (Å²) in [7, 11) is 0. The molecule has 2 N–H and O–H groups in total. The molecule has 2 atom stereocenters. The molecular formula is C14H28N2OS. The van der Waals surface area contributed by atoms with Gasteiger partial charge in [0, 0.05) is 23.8 Å². The zero-order chi connectivity index (χ0) is 13.4. The van der Waals surface area contributed by atoms with Gasteiger partial charge in [0.05, 0.1) is 0 Å². The summed E-state index contributed by atoms with van der Waals surface area (Å²) in [5, 5.41) is 7.18. The van der Waals surface area contributed by atoms with E-state index >= 15 is 0 Å². The first-order chi connectivity index (χ1) is 8.63. The summed E-state index contributed by atoms with van der Waals surface area (Å²) >= 11 is 1.90. The molecule has 106 valence electrons. The lowest BCUT2D eigenvalue weighted by atomic mass is 9.94. The van der Waals surface area contributed by atoms with Gasteiger partial charge in [-0.15, -0.1) is 0 Å². The predicted octanol–water partition coefficient (Wildman–Crippen LogP) is 2.56. The van der Waals surface area contributed by atoms with E-state index in [0.29, 0.717) is 23.8 Å². The molecule has 0 bridgehead atoms. The molecule has 1 aliphatic carbocycles. The minimum absolute atomic E-state index is 0.228. The van der Waals surface area contributed by atoms with Crippen LogP contribution in [0.1, 0.15) is 52.4 Å². The largest absolute Gasteiger partial charge is 0.352 e. The van der Waals surface area contributed by atoms with Crippen LogP contribution >= 0.6 is 11.8 Å². The Morgan fingerprint density at radius 3 is 2.72 bits per heavy atom. The van der Waals surface area contributed by atoms with Crippen molar-refractivity contribution >= 4 is 17.7 Å². The van der Waals surface area contributed by atoms with Gasteiger partial charge < -0.3 is 10.6 Å². The number of hydrogen-bond donors (Lipinski definition) is 2. The molecule has 0 aliphatic heterocycles. The summed E-state index contributed by atoms with van der Waals surface area (Å²) in [6.45, 7) is 5.19. The third kappa shape index (κ3) is 6.10. The van der Waals surface area contributed by atoms with Gasteiger partial charge >= 0.3 is 0 Å². The monoisotopic (exact) mass is 272 g/mol. The van der Waals surface area contributed by atoms with Crippen molar-refractivity contribution in [1.29, 1.82) is 0 Å². The molecule has 1 rings (SSSR count). The molecule has 1 fully saturated rings. The van der Waals surface area contributed by atoms with Crippen molar-refractivity contribution in [2.45, 2.75) is 69.7 Å². The maximum atomic E-state index is 11.9. The van der Waals surface area contributed by atoms with Gasteiger partial charge in [-0.25, -0.2) is 0 Å². The van der Waals surface area contributed by atoms with Crippen LogP contribution in [0.3, 0.4) is 0 Å². The van der Waals surface area contributed by atoms with E-state index in [0.717, 1.165) is 19.4 Å². The van der Waals surface area contributed by atoms with Gasteiger partial charge in [0.2, 0.25) is 5.91 Å². The fraction of sp³-hybridized carbons (Fsp3) is 0.929. The van der Waals surface area contributed by atoms with Gasteiger partial charge in [-0.05, 0) is 32.1 Å². The third-order valence-electron chi connectivity index (χ3n) is 3.48. The molecule has 0 radical (unpaired) electrons. The fourth-order valence-electron chi connectivity index (χ4n) is 2.46. The Morgan fingerprint density at radius 2 is 2.06 bits per heavy atom. The van der Waals surface area contributed by atoms with Crippen LogP contribution in [-0.2, 0) is 4.79 Å². The van der Waals surface area contributed by atoms with Crippen molar-refractivity contribution in [3.8, 4) is 0 Å². The lowest BCUT2D eigenvalue weighted by Crippen LogP contribution is -2.43. The molecule has 1 amide bonds. The van der Waals surface area contributed by atoms with Gasteiger partial charge in [-0.2, -0.15) is 11.8 Å². The maximum absolute atomic E-state index is 11.9. The molecule has 0 heterocycles. The maximum Gasteiger partial charge on any atom is 0.220 e. The summed E-state index contributed by atoms with van der Waals surface area (Å²) < 4.78 is 0. The van der Waals surface area contributed by atoms with Crippen molar-refractivity contribution in [2.75, 3.05) is 12.8 Å². The molecular weight excluding hydrogens is 244 g/mol. The SMILES string of the molecule is CSC1CCCCC1NC(=O)CCCNC(C)C. The predicted molar refractivity (Wildman–Crippen MR) is 80.1 cm³/mol. The van der Waals surface area contributed by atoms with Gasteiger partial charge in [-0.1, -0.05) is 26.7 Å². The summed E-state index contributed by atoms with van der Waals surface area (Å²) in [4.78, 5) is 11.9. The van der Waals surface area contributed by atoms with Gasteiger partial charge in [0.25, 0.3) is 0 Å². The Hall–Kier alpha value is -0.220. The first-order valence-corrected chi connectivity index (χ1v) is 8.47. The van der Waals surface area contributed by atoms with E-state index in [-0.39, 0.29) is 5.91 Å². The minimum Gasteiger partial charge on any atom is -0.352 e. The van der Waals surface area contributed by atoms with E-state index in [9.17, 15) is 4.79 Å².